The highest BCUT2D eigenvalue weighted by molar-refractivity contribution is 5.91. The van der Waals surface area contributed by atoms with Gasteiger partial charge in [-0.05, 0) is 17.7 Å². The van der Waals surface area contributed by atoms with Crippen LogP contribution >= 0.6 is 0 Å². The van der Waals surface area contributed by atoms with Crippen LogP contribution in [0.15, 0.2) is 42.5 Å². The maximum atomic E-state index is 12.2. The fraction of sp³-hybridized carbons (Fsp3) is 0.235. The number of hydrogen-bond donors (Lipinski definition) is 0. The maximum Gasteiger partial charge on any atom is 0.338 e. The summed E-state index contributed by atoms with van der Waals surface area (Å²) in [6, 6.07) is 12.6. The highest BCUT2D eigenvalue weighted by atomic mass is 16.5. The van der Waals surface area contributed by atoms with Crippen LogP contribution in [0, 0.1) is 0 Å². The average Bonchev–Trinajstić information content (AvgIpc) is 2.59. The molecule has 0 spiro atoms. The molecule has 0 fully saturated rings. The summed E-state index contributed by atoms with van der Waals surface area (Å²) < 4.78 is 21.0. The van der Waals surface area contributed by atoms with Gasteiger partial charge in [-0.1, -0.05) is 30.3 Å². The Kier molecular flexibility index (Phi) is 5.25. The quantitative estimate of drug-likeness (QED) is 0.768. The molecule has 0 bridgehead atoms. The van der Waals surface area contributed by atoms with Crippen LogP contribution in [0.5, 0.6) is 17.2 Å². The summed E-state index contributed by atoms with van der Waals surface area (Å²) in [4.78, 5) is 12.2. The molecule has 0 radical (unpaired) electrons. The SMILES string of the molecule is COc1cc(C(=O)OCc2ccccc2)cc(OC)c1OC. The van der Waals surface area contributed by atoms with Gasteiger partial charge in [0.15, 0.2) is 11.5 Å². The number of hydrogen-bond acceptors (Lipinski definition) is 5. The molecule has 0 heterocycles. The van der Waals surface area contributed by atoms with E-state index in [-0.39, 0.29) is 6.61 Å². The van der Waals surface area contributed by atoms with Crippen LogP contribution in [0.25, 0.3) is 0 Å². The van der Waals surface area contributed by atoms with E-state index in [2.05, 4.69) is 0 Å². The largest absolute Gasteiger partial charge is 0.493 e. The molecular weight excluding hydrogens is 284 g/mol. The Morgan fingerprint density at radius 3 is 2.00 bits per heavy atom. The van der Waals surface area contributed by atoms with Crippen molar-refractivity contribution in [1.82, 2.24) is 0 Å². The van der Waals surface area contributed by atoms with Crippen LogP contribution < -0.4 is 14.2 Å². The lowest BCUT2D eigenvalue weighted by molar-refractivity contribution is 0.0472. The molecule has 0 saturated carbocycles. The standard InChI is InChI=1S/C17H18O5/c1-19-14-9-13(10-15(20-2)16(14)21-3)17(18)22-11-12-7-5-4-6-8-12/h4-10H,11H2,1-3H3. The first-order valence-corrected chi connectivity index (χ1v) is 6.70. The maximum absolute atomic E-state index is 12.2. The molecule has 2 aromatic carbocycles. The van der Waals surface area contributed by atoms with Crippen LogP contribution in [-0.2, 0) is 11.3 Å². The number of esters is 1. The molecule has 2 aromatic rings. The van der Waals surface area contributed by atoms with Gasteiger partial charge < -0.3 is 18.9 Å². The van der Waals surface area contributed by atoms with E-state index in [9.17, 15) is 4.79 Å². The first kappa shape index (κ1) is 15.7. The van der Waals surface area contributed by atoms with E-state index in [1.54, 1.807) is 12.1 Å². The molecule has 0 aromatic heterocycles. The molecule has 2 rings (SSSR count). The summed E-state index contributed by atoms with van der Waals surface area (Å²) >= 11 is 0. The zero-order valence-electron chi connectivity index (χ0n) is 12.8. The smallest absolute Gasteiger partial charge is 0.338 e. The minimum absolute atomic E-state index is 0.205. The molecule has 0 saturated heterocycles. The Morgan fingerprint density at radius 1 is 0.909 bits per heavy atom. The molecule has 0 unspecified atom stereocenters. The lowest BCUT2D eigenvalue weighted by atomic mass is 10.2. The second-order valence-corrected chi connectivity index (χ2v) is 4.48. The van der Waals surface area contributed by atoms with Gasteiger partial charge in [0.1, 0.15) is 6.61 Å². The first-order valence-electron chi connectivity index (χ1n) is 6.70. The third-order valence-corrected chi connectivity index (χ3v) is 3.11. The van der Waals surface area contributed by atoms with Gasteiger partial charge in [-0.3, -0.25) is 0 Å². The number of carbonyl (C=O) groups is 1. The van der Waals surface area contributed by atoms with Crippen LogP contribution in [0.3, 0.4) is 0 Å². The average molecular weight is 302 g/mol. The van der Waals surface area contributed by atoms with Crippen molar-refractivity contribution in [1.29, 1.82) is 0 Å². The van der Waals surface area contributed by atoms with E-state index in [0.717, 1.165) is 5.56 Å². The van der Waals surface area contributed by atoms with Crippen molar-refractivity contribution in [2.75, 3.05) is 21.3 Å². The number of ether oxygens (including phenoxy) is 4. The van der Waals surface area contributed by atoms with E-state index in [1.807, 2.05) is 30.3 Å². The van der Waals surface area contributed by atoms with Crippen molar-refractivity contribution < 1.29 is 23.7 Å². The molecule has 0 aliphatic heterocycles. The highest BCUT2D eigenvalue weighted by Crippen LogP contribution is 2.38. The van der Waals surface area contributed by atoms with Gasteiger partial charge in [0.05, 0.1) is 26.9 Å². The summed E-state index contributed by atoms with van der Waals surface area (Å²) in [6.45, 7) is 0.205. The van der Waals surface area contributed by atoms with Gasteiger partial charge in [0.25, 0.3) is 0 Å². The van der Waals surface area contributed by atoms with Crippen LogP contribution in [0.4, 0.5) is 0 Å². The van der Waals surface area contributed by atoms with Gasteiger partial charge >= 0.3 is 5.97 Å². The fourth-order valence-electron chi connectivity index (χ4n) is 2.01. The summed E-state index contributed by atoms with van der Waals surface area (Å²) in [5.41, 5.74) is 1.26. The van der Waals surface area contributed by atoms with Crippen LogP contribution in [0.2, 0.25) is 0 Å². The third-order valence-electron chi connectivity index (χ3n) is 3.11. The minimum atomic E-state index is -0.455. The Hall–Kier alpha value is -2.69. The molecule has 22 heavy (non-hydrogen) atoms. The van der Waals surface area contributed by atoms with Gasteiger partial charge in [-0.15, -0.1) is 0 Å². The monoisotopic (exact) mass is 302 g/mol. The second-order valence-electron chi connectivity index (χ2n) is 4.48. The molecule has 5 heteroatoms. The Bertz CT molecular complexity index is 612. The van der Waals surface area contributed by atoms with E-state index in [1.165, 1.54) is 21.3 Å². The van der Waals surface area contributed by atoms with Crippen molar-refractivity contribution in [3.63, 3.8) is 0 Å². The Labute approximate surface area is 129 Å². The van der Waals surface area contributed by atoms with Crippen LogP contribution in [0.1, 0.15) is 15.9 Å². The predicted octanol–water partition coefficient (Wildman–Crippen LogP) is 3.07. The zero-order valence-corrected chi connectivity index (χ0v) is 12.8. The van der Waals surface area contributed by atoms with E-state index in [0.29, 0.717) is 22.8 Å². The van der Waals surface area contributed by atoms with Crippen LogP contribution in [-0.4, -0.2) is 27.3 Å². The predicted molar refractivity (Wildman–Crippen MR) is 81.7 cm³/mol. The summed E-state index contributed by atoms with van der Waals surface area (Å²) in [5.74, 6) is 0.801. The van der Waals surface area contributed by atoms with Gasteiger partial charge in [-0.2, -0.15) is 0 Å². The number of rotatable bonds is 6. The van der Waals surface area contributed by atoms with Gasteiger partial charge in [0, 0.05) is 0 Å². The van der Waals surface area contributed by atoms with Crippen molar-refractivity contribution in [3.05, 3.63) is 53.6 Å². The fourth-order valence-corrected chi connectivity index (χ4v) is 2.01. The normalized spacial score (nSPS) is 9.95. The minimum Gasteiger partial charge on any atom is -0.493 e. The second kappa shape index (κ2) is 7.36. The van der Waals surface area contributed by atoms with Crippen molar-refractivity contribution >= 4 is 5.97 Å². The molecule has 116 valence electrons. The molecule has 0 N–H and O–H groups in total. The van der Waals surface area contributed by atoms with Crippen molar-refractivity contribution in [3.8, 4) is 17.2 Å². The molecular formula is C17H18O5. The summed E-state index contributed by atoms with van der Waals surface area (Å²) in [6.07, 6.45) is 0. The molecule has 0 aliphatic carbocycles. The van der Waals surface area contributed by atoms with E-state index < -0.39 is 5.97 Å². The Morgan fingerprint density at radius 2 is 1.50 bits per heavy atom. The van der Waals surface area contributed by atoms with Crippen molar-refractivity contribution in [2.24, 2.45) is 0 Å². The van der Waals surface area contributed by atoms with Gasteiger partial charge in [0.2, 0.25) is 5.75 Å². The highest BCUT2D eigenvalue weighted by Gasteiger charge is 2.17. The molecule has 0 amide bonds. The lowest BCUT2D eigenvalue weighted by Gasteiger charge is -2.13. The number of carbonyl (C=O) groups excluding carboxylic acids is 1. The number of benzene rings is 2. The van der Waals surface area contributed by atoms with E-state index >= 15 is 0 Å². The molecule has 0 aliphatic rings. The lowest BCUT2D eigenvalue weighted by Crippen LogP contribution is -2.07. The Balaban J connectivity index is 2.19. The number of methoxy groups -OCH3 is 3. The van der Waals surface area contributed by atoms with E-state index in [4.69, 9.17) is 18.9 Å². The third kappa shape index (κ3) is 3.49. The zero-order chi connectivity index (χ0) is 15.9. The topological polar surface area (TPSA) is 54.0 Å². The van der Waals surface area contributed by atoms with Gasteiger partial charge in [-0.25, -0.2) is 4.79 Å². The molecule has 0 atom stereocenters. The van der Waals surface area contributed by atoms with Crippen molar-refractivity contribution in [2.45, 2.75) is 6.61 Å². The first-order chi connectivity index (χ1) is 10.7. The summed E-state index contributed by atoms with van der Waals surface area (Å²) in [5, 5.41) is 0. The summed E-state index contributed by atoms with van der Waals surface area (Å²) in [7, 11) is 4.50. The molecule has 5 nitrogen and oxygen atoms in total.